The first-order chi connectivity index (χ1) is 2.00. The summed E-state index contributed by atoms with van der Waals surface area (Å²) >= 11 is 0. The summed E-state index contributed by atoms with van der Waals surface area (Å²) in [5.41, 5.74) is 0. The van der Waals surface area contributed by atoms with Crippen LogP contribution >= 0.6 is 0 Å². The maximum atomic E-state index is 9.08. The van der Waals surface area contributed by atoms with Crippen LogP contribution < -0.4 is 0 Å². The number of hydrogen-bond donors (Lipinski definition) is 0. The molecule has 31 valence electrons. The van der Waals surface area contributed by atoms with Crippen molar-refractivity contribution in [2.75, 3.05) is 6.26 Å². The molecule has 0 spiro atoms. The average Bonchev–Trinajstić information content (AvgIpc) is 0.722. The predicted octanol–water partition coefficient (Wildman–Crippen LogP) is -0.623. The van der Waals surface area contributed by atoms with Gasteiger partial charge in [-0.1, -0.05) is 4.55 Å². The van der Waals surface area contributed by atoms with Crippen LogP contribution in [0.15, 0.2) is 0 Å². The Morgan fingerprint density at radius 2 is 1.40 bits per heavy atom. The van der Waals surface area contributed by atoms with Crippen LogP contribution in [0.1, 0.15) is 0 Å². The van der Waals surface area contributed by atoms with Gasteiger partial charge in [0.25, 0.3) is 10.1 Å². The molecule has 3 nitrogen and oxygen atoms in total. The Kier molecular flexibility index (Phi) is 0.931. The van der Waals surface area contributed by atoms with E-state index < -0.39 is 10.1 Å². The van der Waals surface area contributed by atoms with Crippen LogP contribution in [-0.2, 0) is 14.7 Å². The molecule has 0 amide bonds. The molecule has 1 radical (unpaired) electrons. The summed E-state index contributed by atoms with van der Waals surface area (Å²) in [6, 6.07) is 0. The first-order valence-electron chi connectivity index (χ1n) is 0.908. The van der Waals surface area contributed by atoms with Gasteiger partial charge in [-0.3, -0.25) is 0 Å². The van der Waals surface area contributed by atoms with Gasteiger partial charge in [0, 0.05) is 0 Å². The summed E-state index contributed by atoms with van der Waals surface area (Å²) in [5, 5.41) is 0. The molecule has 0 unspecified atom stereocenters. The molecular weight excluding hydrogens is 92.1 g/mol. The molecule has 4 heteroatoms. The lowest BCUT2D eigenvalue weighted by Gasteiger charge is -1.64. The quantitative estimate of drug-likeness (QED) is 0.402. The highest BCUT2D eigenvalue weighted by Gasteiger charge is 1.85. The summed E-state index contributed by atoms with van der Waals surface area (Å²) in [6.07, 6.45) is 0.604. The molecule has 0 saturated carbocycles. The Labute approximate surface area is 30.4 Å². The third-order valence-corrected chi connectivity index (χ3v) is 0. The molecule has 0 N–H and O–H groups in total. The maximum Gasteiger partial charge on any atom is 0.291 e. The lowest BCUT2D eigenvalue weighted by Crippen LogP contribution is -1.85. The van der Waals surface area contributed by atoms with Crippen LogP contribution in [0.5, 0.6) is 0 Å². The summed E-state index contributed by atoms with van der Waals surface area (Å²) in [7, 11) is -3.92. The van der Waals surface area contributed by atoms with Crippen molar-refractivity contribution in [3.8, 4) is 0 Å². The average molecular weight is 95.1 g/mol. The molecule has 0 aromatic carbocycles. The highest BCUT2D eigenvalue weighted by molar-refractivity contribution is 7.84. The molecule has 0 aromatic heterocycles. The minimum absolute atomic E-state index is 0.604. The van der Waals surface area contributed by atoms with Gasteiger partial charge in [-0.15, -0.1) is 0 Å². The van der Waals surface area contributed by atoms with E-state index in [2.05, 4.69) is 0 Å². The second-order valence-electron chi connectivity index (χ2n) is 0.704. The van der Waals surface area contributed by atoms with Crippen LogP contribution in [0.3, 0.4) is 0 Å². The van der Waals surface area contributed by atoms with Gasteiger partial charge in [0.2, 0.25) is 0 Å². The van der Waals surface area contributed by atoms with Crippen molar-refractivity contribution in [3.63, 3.8) is 0 Å². The standard InChI is InChI=1S/CH3O3S/c1-5(2,3)4/h1H3. The zero-order valence-electron chi connectivity index (χ0n) is 2.63. The first kappa shape index (κ1) is 4.91. The summed E-state index contributed by atoms with van der Waals surface area (Å²) < 4.78 is 27.2. The normalized spacial score (nSPS) is 11.6. The second-order valence-corrected chi connectivity index (χ2v) is 2.11. The van der Waals surface area contributed by atoms with Gasteiger partial charge < -0.3 is 0 Å². The molecule has 0 saturated heterocycles. The third kappa shape index (κ3) is 1760. The van der Waals surface area contributed by atoms with Gasteiger partial charge in [-0.2, -0.15) is 8.42 Å². The van der Waals surface area contributed by atoms with Crippen molar-refractivity contribution in [2.24, 2.45) is 0 Å². The molecule has 0 heterocycles. The summed E-state index contributed by atoms with van der Waals surface area (Å²) in [5.74, 6) is 0. The van der Waals surface area contributed by atoms with E-state index in [1.165, 1.54) is 0 Å². The molecule has 5 heavy (non-hydrogen) atoms. The van der Waals surface area contributed by atoms with E-state index in [0.29, 0.717) is 6.26 Å². The van der Waals surface area contributed by atoms with Gasteiger partial charge >= 0.3 is 0 Å². The highest BCUT2D eigenvalue weighted by Crippen LogP contribution is 1.63. The molecule has 0 aliphatic carbocycles. The van der Waals surface area contributed by atoms with E-state index in [0.717, 1.165) is 0 Å². The lowest BCUT2D eigenvalue weighted by atomic mass is 12.0. The minimum Gasteiger partial charge on any atom is -0.197 e. The first-order valence-corrected chi connectivity index (χ1v) is 2.72. The second kappa shape index (κ2) is 0.948. The topological polar surface area (TPSA) is 54.0 Å². The maximum absolute atomic E-state index is 9.08. The number of rotatable bonds is 0. The fourth-order valence-electron chi connectivity index (χ4n) is 0. The molecule has 0 aromatic rings. The van der Waals surface area contributed by atoms with Crippen LogP contribution in [0.4, 0.5) is 0 Å². The van der Waals surface area contributed by atoms with Gasteiger partial charge in [0.05, 0.1) is 6.26 Å². The van der Waals surface area contributed by atoms with Crippen molar-refractivity contribution in [2.45, 2.75) is 0 Å². The Morgan fingerprint density at radius 1 is 1.40 bits per heavy atom. The Morgan fingerprint density at radius 3 is 1.40 bits per heavy atom. The molecule has 0 aliphatic heterocycles. The highest BCUT2D eigenvalue weighted by atomic mass is 32.2. The van der Waals surface area contributed by atoms with Crippen LogP contribution in [-0.4, -0.2) is 14.7 Å². The largest absolute Gasteiger partial charge is 0.291 e. The predicted molar refractivity (Wildman–Crippen MR) is 15.5 cm³/mol. The SMILES string of the molecule is CS([O])(=O)=O. The van der Waals surface area contributed by atoms with E-state index in [-0.39, 0.29) is 0 Å². The molecule has 0 fully saturated rings. The third-order valence-electron chi connectivity index (χ3n) is 0. The molecular formula is CH3O3S. The Hall–Kier alpha value is -0.0900. The molecule has 0 aliphatic rings. The van der Waals surface area contributed by atoms with Gasteiger partial charge in [0.1, 0.15) is 0 Å². The van der Waals surface area contributed by atoms with Crippen LogP contribution in [0.25, 0.3) is 0 Å². The van der Waals surface area contributed by atoms with Crippen molar-refractivity contribution in [3.05, 3.63) is 0 Å². The zero-order chi connectivity index (χ0) is 4.50. The molecule has 0 rings (SSSR count). The monoisotopic (exact) mass is 95.0 g/mol. The van der Waals surface area contributed by atoms with Gasteiger partial charge in [-0.25, -0.2) is 0 Å². The van der Waals surface area contributed by atoms with Crippen LogP contribution in [0.2, 0.25) is 0 Å². The van der Waals surface area contributed by atoms with Crippen LogP contribution in [0, 0.1) is 0 Å². The number of hydrogen-bond acceptors (Lipinski definition) is 2. The van der Waals surface area contributed by atoms with Crippen molar-refractivity contribution < 1.29 is 13.0 Å². The summed E-state index contributed by atoms with van der Waals surface area (Å²) in [6.45, 7) is 0. The smallest absolute Gasteiger partial charge is 0.197 e. The van der Waals surface area contributed by atoms with E-state index >= 15 is 0 Å². The van der Waals surface area contributed by atoms with E-state index in [9.17, 15) is 0 Å². The lowest BCUT2D eigenvalue weighted by molar-refractivity contribution is 0.420. The zero-order valence-corrected chi connectivity index (χ0v) is 3.45. The van der Waals surface area contributed by atoms with Gasteiger partial charge in [-0.05, 0) is 0 Å². The fourth-order valence-corrected chi connectivity index (χ4v) is 0. The molecule has 0 atom stereocenters. The minimum atomic E-state index is -3.92. The summed E-state index contributed by atoms with van der Waals surface area (Å²) in [4.78, 5) is 0. The van der Waals surface area contributed by atoms with Gasteiger partial charge in [0.15, 0.2) is 0 Å². The van der Waals surface area contributed by atoms with Crippen molar-refractivity contribution in [1.29, 1.82) is 0 Å². The van der Waals surface area contributed by atoms with E-state index in [4.69, 9.17) is 13.0 Å². The van der Waals surface area contributed by atoms with Crippen molar-refractivity contribution >= 4 is 10.1 Å². The van der Waals surface area contributed by atoms with E-state index in [1.807, 2.05) is 0 Å². The van der Waals surface area contributed by atoms with E-state index in [1.54, 1.807) is 0 Å². The Bertz CT molecular complexity index is 90.1. The molecule has 0 bridgehead atoms. The Balaban J connectivity index is 4.06. The fraction of sp³-hybridized carbons (Fsp3) is 1.00. The van der Waals surface area contributed by atoms with Crippen molar-refractivity contribution in [1.82, 2.24) is 0 Å².